The molecule has 0 radical (unpaired) electrons. The maximum atomic E-state index is 13.7. The summed E-state index contributed by atoms with van der Waals surface area (Å²) < 4.78 is 5.95. The lowest BCUT2D eigenvalue weighted by Gasteiger charge is -2.31. The van der Waals surface area contributed by atoms with Crippen molar-refractivity contribution in [3.63, 3.8) is 0 Å². The second-order valence-corrected chi connectivity index (χ2v) is 9.42. The number of benzene rings is 3. The maximum Gasteiger partial charge on any atom is 0.261 e. The van der Waals surface area contributed by atoms with E-state index in [9.17, 15) is 9.59 Å². The molecule has 1 atom stereocenters. The summed E-state index contributed by atoms with van der Waals surface area (Å²) in [5.41, 5.74) is 3.91. The van der Waals surface area contributed by atoms with Crippen molar-refractivity contribution in [3.8, 4) is 5.75 Å². The first-order valence-electron chi connectivity index (χ1n) is 12.4. The van der Waals surface area contributed by atoms with Crippen LogP contribution in [0.2, 0.25) is 5.02 Å². The van der Waals surface area contributed by atoms with Crippen LogP contribution in [0.3, 0.4) is 0 Å². The molecule has 0 unspecified atom stereocenters. The molecule has 0 fully saturated rings. The first kappa shape index (κ1) is 27.3. The zero-order valence-electron chi connectivity index (χ0n) is 21.3. The molecule has 3 aromatic rings. The molecule has 0 aliphatic carbocycles. The smallest absolute Gasteiger partial charge is 0.261 e. The number of unbranched alkanes of at least 4 members (excludes halogenated alkanes) is 1. The molecule has 3 aromatic carbocycles. The van der Waals surface area contributed by atoms with E-state index in [1.165, 1.54) is 0 Å². The lowest BCUT2D eigenvalue weighted by Crippen LogP contribution is -2.51. The molecule has 0 aromatic heterocycles. The summed E-state index contributed by atoms with van der Waals surface area (Å²) in [6.45, 7) is 6.70. The summed E-state index contributed by atoms with van der Waals surface area (Å²) in [7, 11) is 0. The summed E-state index contributed by atoms with van der Waals surface area (Å²) in [5, 5.41) is 3.61. The van der Waals surface area contributed by atoms with Gasteiger partial charge in [0.25, 0.3) is 5.91 Å². The molecular formula is C30H35ClN2O3. The number of amides is 2. The lowest BCUT2D eigenvalue weighted by molar-refractivity contribution is -0.142. The van der Waals surface area contributed by atoms with Gasteiger partial charge in [0.05, 0.1) is 0 Å². The molecule has 36 heavy (non-hydrogen) atoms. The van der Waals surface area contributed by atoms with Gasteiger partial charge >= 0.3 is 0 Å². The molecule has 0 bridgehead atoms. The minimum atomic E-state index is -0.696. The largest absolute Gasteiger partial charge is 0.483 e. The third-order valence-electron chi connectivity index (χ3n) is 6.25. The molecule has 3 rings (SSSR count). The Morgan fingerprint density at radius 3 is 2.42 bits per heavy atom. The predicted molar refractivity (Wildman–Crippen MR) is 145 cm³/mol. The Morgan fingerprint density at radius 2 is 1.69 bits per heavy atom. The molecule has 0 aliphatic rings. The van der Waals surface area contributed by atoms with Crippen LogP contribution in [0, 0.1) is 13.8 Å². The molecule has 1 N–H and O–H groups in total. The van der Waals surface area contributed by atoms with Crippen LogP contribution in [0.5, 0.6) is 5.75 Å². The number of carbonyl (C=O) groups excluding carboxylic acids is 2. The SMILES string of the molecule is CCCCNC(=O)[C@H](Cc1ccccc1)N(Cc1cccc(Cl)c1)C(=O)COc1cccc(C)c1C. The second-order valence-electron chi connectivity index (χ2n) is 8.99. The fraction of sp³-hybridized carbons (Fsp3) is 0.333. The Balaban J connectivity index is 1.90. The van der Waals surface area contributed by atoms with Gasteiger partial charge in [-0.25, -0.2) is 0 Å². The zero-order valence-corrected chi connectivity index (χ0v) is 22.1. The fourth-order valence-electron chi connectivity index (χ4n) is 4.00. The molecule has 0 saturated carbocycles. The van der Waals surface area contributed by atoms with Crippen LogP contribution in [0.1, 0.15) is 42.0 Å². The molecule has 2 amide bonds. The van der Waals surface area contributed by atoms with Gasteiger partial charge in [-0.05, 0) is 60.7 Å². The van der Waals surface area contributed by atoms with E-state index < -0.39 is 6.04 Å². The van der Waals surface area contributed by atoms with Gasteiger partial charge in [0.1, 0.15) is 11.8 Å². The number of ether oxygens (including phenoxy) is 1. The van der Waals surface area contributed by atoms with Gasteiger partial charge in [-0.1, -0.05) is 79.5 Å². The highest BCUT2D eigenvalue weighted by Crippen LogP contribution is 2.22. The predicted octanol–water partition coefficient (Wildman–Crippen LogP) is 5.89. The van der Waals surface area contributed by atoms with Gasteiger partial charge < -0.3 is 15.0 Å². The summed E-state index contributed by atoms with van der Waals surface area (Å²) in [6.07, 6.45) is 2.24. The Morgan fingerprint density at radius 1 is 0.972 bits per heavy atom. The number of nitrogens with zero attached hydrogens (tertiary/aromatic N) is 1. The van der Waals surface area contributed by atoms with E-state index in [2.05, 4.69) is 12.2 Å². The van der Waals surface area contributed by atoms with Crippen LogP contribution in [0.4, 0.5) is 0 Å². The molecule has 190 valence electrons. The van der Waals surface area contributed by atoms with Gasteiger partial charge in [0, 0.05) is 24.5 Å². The molecule has 5 nitrogen and oxygen atoms in total. The molecule has 0 heterocycles. The topological polar surface area (TPSA) is 58.6 Å². The monoisotopic (exact) mass is 506 g/mol. The minimum Gasteiger partial charge on any atom is -0.483 e. The average molecular weight is 507 g/mol. The quantitative estimate of drug-likeness (QED) is 0.311. The highest BCUT2D eigenvalue weighted by atomic mass is 35.5. The molecule has 0 spiro atoms. The van der Waals surface area contributed by atoms with Crippen molar-refractivity contribution in [3.05, 3.63) is 100 Å². The maximum absolute atomic E-state index is 13.7. The van der Waals surface area contributed by atoms with E-state index in [1.807, 2.05) is 80.6 Å². The van der Waals surface area contributed by atoms with Crippen LogP contribution >= 0.6 is 11.6 Å². The normalized spacial score (nSPS) is 11.6. The fourth-order valence-corrected chi connectivity index (χ4v) is 4.21. The lowest BCUT2D eigenvalue weighted by atomic mass is 10.0. The van der Waals surface area contributed by atoms with Crippen LogP contribution in [-0.4, -0.2) is 35.9 Å². The van der Waals surface area contributed by atoms with Crippen LogP contribution in [0.25, 0.3) is 0 Å². The second kappa shape index (κ2) is 13.7. The highest BCUT2D eigenvalue weighted by molar-refractivity contribution is 6.30. The van der Waals surface area contributed by atoms with Gasteiger partial charge in [-0.2, -0.15) is 0 Å². The minimum absolute atomic E-state index is 0.168. The van der Waals surface area contributed by atoms with E-state index in [1.54, 1.807) is 11.0 Å². The third-order valence-corrected chi connectivity index (χ3v) is 6.48. The van der Waals surface area contributed by atoms with Crippen LogP contribution < -0.4 is 10.1 Å². The molecular weight excluding hydrogens is 472 g/mol. The van der Waals surface area contributed by atoms with Crippen molar-refractivity contribution in [2.75, 3.05) is 13.2 Å². The number of hydrogen-bond donors (Lipinski definition) is 1. The number of halogens is 1. The Labute approximate surface area is 219 Å². The molecule has 0 saturated heterocycles. The Kier molecular flexibility index (Phi) is 10.4. The number of nitrogens with one attached hydrogen (secondary N) is 1. The van der Waals surface area contributed by atoms with Crippen LogP contribution in [-0.2, 0) is 22.6 Å². The summed E-state index contributed by atoms with van der Waals surface area (Å²) in [6, 6.07) is 22.2. The Bertz CT molecular complexity index is 1150. The highest BCUT2D eigenvalue weighted by Gasteiger charge is 2.30. The van der Waals surface area contributed by atoms with Gasteiger partial charge in [-0.15, -0.1) is 0 Å². The van der Waals surface area contributed by atoms with Crippen molar-refractivity contribution in [2.45, 2.75) is 52.6 Å². The van der Waals surface area contributed by atoms with E-state index in [4.69, 9.17) is 16.3 Å². The third kappa shape index (κ3) is 7.85. The van der Waals surface area contributed by atoms with Crippen molar-refractivity contribution in [2.24, 2.45) is 0 Å². The number of hydrogen-bond acceptors (Lipinski definition) is 3. The van der Waals surface area contributed by atoms with E-state index in [-0.39, 0.29) is 25.0 Å². The van der Waals surface area contributed by atoms with Gasteiger partial charge in [0.2, 0.25) is 5.91 Å². The number of rotatable bonds is 12. The Hall–Kier alpha value is -3.31. The van der Waals surface area contributed by atoms with Gasteiger partial charge in [0.15, 0.2) is 6.61 Å². The first-order chi connectivity index (χ1) is 17.4. The summed E-state index contributed by atoms with van der Waals surface area (Å²) in [4.78, 5) is 28.7. The van der Waals surface area contributed by atoms with Crippen molar-refractivity contribution in [1.82, 2.24) is 10.2 Å². The van der Waals surface area contributed by atoms with Crippen molar-refractivity contribution < 1.29 is 14.3 Å². The van der Waals surface area contributed by atoms with Gasteiger partial charge in [-0.3, -0.25) is 9.59 Å². The van der Waals surface area contributed by atoms with Crippen LogP contribution in [0.15, 0.2) is 72.8 Å². The van der Waals surface area contributed by atoms with Crippen molar-refractivity contribution in [1.29, 1.82) is 0 Å². The van der Waals surface area contributed by atoms with E-state index in [0.717, 1.165) is 35.1 Å². The first-order valence-corrected chi connectivity index (χ1v) is 12.8. The standard InChI is InChI=1S/C30H35ClN2O3/c1-4-5-17-32-30(35)27(19-24-12-7-6-8-13-24)33(20-25-14-10-15-26(31)18-25)29(34)21-36-28-16-9-11-22(2)23(28)3/h6-16,18,27H,4-5,17,19-21H2,1-3H3,(H,32,35)/t27-/m0/s1. The zero-order chi connectivity index (χ0) is 25.9. The summed E-state index contributed by atoms with van der Waals surface area (Å²) >= 11 is 6.23. The van der Waals surface area contributed by atoms with E-state index >= 15 is 0 Å². The summed E-state index contributed by atoms with van der Waals surface area (Å²) in [5.74, 6) is 0.231. The number of aryl methyl sites for hydroxylation is 1. The molecule has 6 heteroatoms. The van der Waals surface area contributed by atoms with E-state index in [0.29, 0.717) is 23.7 Å². The van der Waals surface area contributed by atoms with Crippen molar-refractivity contribution >= 4 is 23.4 Å². The molecule has 0 aliphatic heterocycles. The average Bonchev–Trinajstić information content (AvgIpc) is 2.87. The number of carbonyl (C=O) groups is 2.